The van der Waals surface area contributed by atoms with Gasteiger partial charge >= 0.3 is 70.7 Å². The second-order valence-corrected chi connectivity index (χ2v) is 13.3. The molecule has 0 aromatic carbocycles. The molecule has 32 heteroatoms. The molecule has 53 heavy (non-hydrogen) atoms. The van der Waals surface area contributed by atoms with Gasteiger partial charge in [0.1, 0.15) is 6.54 Å². The molecule has 0 spiro atoms. The number of rotatable bonds is 20. The average Bonchev–Trinajstić information content (AvgIpc) is 2.91. The third kappa shape index (κ3) is 7.71. The van der Waals surface area contributed by atoms with Gasteiger partial charge in [0, 0.05) is 19.5 Å². The summed E-state index contributed by atoms with van der Waals surface area (Å²) in [5, 5.41) is 11.2. The number of hydrogen-bond acceptors (Lipinski definition) is 5. The van der Waals surface area contributed by atoms with Crippen LogP contribution in [0, 0.1) is 0 Å². The van der Waals surface area contributed by atoms with Gasteiger partial charge in [0.25, 0.3) is 10.0 Å². The molecule has 0 rings (SSSR count). The zero-order valence-electron chi connectivity index (χ0n) is 25.2. The van der Waals surface area contributed by atoms with E-state index in [-0.39, 0.29) is 0 Å². The highest BCUT2D eigenvalue weighted by Crippen LogP contribution is 2.67. The summed E-state index contributed by atoms with van der Waals surface area (Å²) in [5.41, 5.74) is 0. The first kappa shape index (κ1) is 50.2. The summed E-state index contributed by atoms with van der Waals surface area (Å²) < 4.78 is 338. The van der Waals surface area contributed by atoms with Crippen LogP contribution in [0.3, 0.4) is 0 Å². The van der Waals surface area contributed by atoms with Crippen molar-refractivity contribution in [2.24, 2.45) is 0 Å². The van der Waals surface area contributed by atoms with E-state index in [1.165, 1.54) is 0 Å². The Hall–Kier alpha value is -2.80. The number of quaternary nitrogens is 1. The van der Waals surface area contributed by atoms with Crippen LogP contribution >= 0.6 is 0 Å². The Morgan fingerprint density at radius 2 is 0.868 bits per heavy atom. The van der Waals surface area contributed by atoms with Crippen molar-refractivity contribution in [3.8, 4) is 0 Å². The monoisotopic (exact) mass is 864 g/mol. The van der Waals surface area contributed by atoms with Crippen LogP contribution in [0.5, 0.6) is 0 Å². The van der Waals surface area contributed by atoms with Crippen molar-refractivity contribution in [2.75, 3.05) is 40.3 Å². The molecule has 8 nitrogen and oxygen atoms in total. The molecule has 0 aliphatic heterocycles. The van der Waals surface area contributed by atoms with Gasteiger partial charge in [-0.05, 0) is 0 Å². The lowest BCUT2D eigenvalue weighted by Gasteiger charge is -2.45. The topological polar surface area (TPSA) is 115 Å². The number of carboxylic acids is 2. The molecule has 0 amide bonds. The molecule has 0 saturated heterocycles. The zero-order chi connectivity index (χ0) is 43.5. The fourth-order valence-electron chi connectivity index (χ4n) is 3.74. The summed E-state index contributed by atoms with van der Waals surface area (Å²) in [6.07, 6.45) is -11.1. The minimum absolute atomic E-state index is 0.780. The first-order valence-corrected chi connectivity index (χ1v) is 14.2. The van der Waals surface area contributed by atoms with Crippen LogP contribution < -0.4 is 5.11 Å². The predicted molar refractivity (Wildman–Crippen MR) is 120 cm³/mol. The molecule has 1 N–H and O–H groups in total. The molecule has 0 aromatic rings. The van der Waals surface area contributed by atoms with Crippen LogP contribution in [-0.2, 0) is 19.6 Å². The second kappa shape index (κ2) is 14.0. The Morgan fingerprint density at radius 1 is 0.566 bits per heavy atom. The number of sulfonamides is 1. The van der Waals surface area contributed by atoms with E-state index in [9.17, 15) is 124 Å². The van der Waals surface area contributed by atoms with Crippen molar-refractivity contribution in [3.63, 3.8) is 0 Å². The first-order valence-electron chi connectivity index (χ1n) is 12.8. The predicted octanol–water partition coefficient (Wildman–Crippen LogP) is 5.18. The molecular formula is C21H19F23N2O6S. The summed E-state index contributed by atoms with van der Waals surface area (Å²) in [4.78, 5) is 21.5. The molecule has 0 aliphatic rings. The van der Waals surface area contributed by atoms with Gasteiger partial charge in [-0.2, -0.15) is 105 Å². The number of alkyl halides is 23. The van der Waals surface area contributed by atoms with Crippen molar-refractivity contribution in [1.29, 1.82) is 0 Å². The quantitative estimate of drug-likeness (QED) is 0.133. The van der Waals surface area contributed by atoms with E-state index in [0.29, 0.717) is 0 Å². The van der Waals surface area contributed by atoms with Crippen molar-refractivity contribution in [3.05, 3.63) is 0 Å². The number of likely N-dealkylation sites (N-methyl/N-ethyl adjacent to an activating group) is 1. The summed E-state index contributed by atoms with van der Waals surface area (Å²) in [6.45, 7) is -5.67. The lowest BCUT2D eigenvalue weighted by Crippen LogP contribution is -2.78. The Bertz CT molecular complexity index is 1460. The fraction of sp³-hybridized carbons (Fsp3) is 0.905. The maximum Gasteiger partial charge on any atom is 0.460 e. The number of nitrogens with zero attached hydrogens (tertiary/aromatic N) is 2. The normalized spacial score (nSPS) is 16.0. The molecule has 0 unspecified atom stereocenters. The van der Waals surface area contributed by atoms with Gasteiger partial charge in [-0.3, -0.25) is 4.79 Å². The smallest absolute Gasteiger partial charge is 0.460 e. The van der Waals surface area contributed by atoms with Gasteiger partial charge in [0.2, 0.25) is 0 Å². The molecule has 0 aliphatic carbocycles. The van der Waals surface area contributed by atoms with Gasteiger partial charge in [-0.15, -0.1) is 0 Å². The molecule has 0 heterocycles. The molecule has 0 saturated carbocycles. The lowest BCUT2D eigenvalue weighted by molar-refractivity contribution is -0.884. The minimum atomic E-state index is -9.67. The standard InChI is InChI=1S/C21H19F23N2O6S/c1-46(2,8-10(49)50)7-3-5-45(6-4-9(47)48)53(51,52)21(43,44)19(38,39)17(34,35)15(30,31)13(26,27)11(22,23)12(24,25)14(28,29)16(32,33)18(36,37)20(40,41)42/h3-8H2,1-2H3,(H-,47,48,49,50). The largest absolute Gasteiger partial charge is 0.544 e. The molecular weight excluding hydrogens is 845 g/mol. The van der Waals surface area contributed by atoms with Crippen LogP contribution in [0.4, 0.5) is 101 Å². The maximum absolute atomic E-state index is 14.7. The van der Waals surface area contributed by atoms with E-state index in [4.69, 9.17) is 5.11 Å². The first-order chi connectivity index (χ1) is 22.7. The molecule has 0 fully saturated rings. The Labute approximate surface area is 278 Å². The molecule has 0 radical (unpaired) electrons. The Balaban J connectivity index is 7.36. The third-order valence-corrected chi connectivity index (χ3v) is 8.79. The molecule has 0 aromatic heterocycles. The highest BCUT2D eigenvalue weighted by atomic mass is 32.2. The van der Waals surface area contributed by atoms with E-state index < -0.39 is 135 Å². The van der Waals surface area contributed by atoms with Crippen molar-refractivity contribution in [1.82, 2.24) is 4.31 Å². The zero-order valence-corrected chi connectivity index (χ0v) is 26.0. The molecule has 0 bridgehead atoms. The van der Waals surface area contributed by atoms with Crippen LogP contribution in [0.2, 0.25) is 0 Å². The number of halogens is 23. The van der Waals surface area contributed by atoms with Crippen molar-refractivity contribution >= 4 is 22.0 Å². The summed E-state index contributed by atoms with van der Waals surface area (Å²) in [7, 11) is -6.06. The average molecular weight is 864 g/mol. The van der Waals surface area contributed by atoms with Gasteiger partial charge in [-0.25, -0.2) is 8.42 Å². The van der Waals surface area contributed by atoms with Crippen molar-refractivity contribution in [2.45, 2.75) is 77.6 Å². The number of aliphatic carboxylic acids is 2. The van der Waals surface area contributed by atoms with E-state index in [1.54, 1.807) is 0 Å². The minimum Gasteiger partial charge on any atom is -0.544 e. The highest BCUT2D eigenvalue weighted by molar-refractivity contribution is 7.90. The Kier molecular flexibility index (Phi) is 13.3. The van der Waals surface area contributed by atoms with Gasteiger partial charge in [0.05, 0.1) is 33.0 Å². The SMILES string of the molecule is C[N+](C)(CCCN(CCC(=O)O)S(=O)(=O)C(F)(F)C(F)(F)C(F)(F)C(F)(F)C(F)(F)C(F)(F)C(F)(F)C(F)(F)C(F)(F)C(F)(F)C(F)(F)F)CC(=O)[O-]. The summed E-state index contributed by atoms with van der Waals surface area (Å²) in [5.74, 6) is -88.1. The van der Waals surface area contributed by atoms with Crippen LogP contribution in [0.1, 0.15) is 12.8 Å². The van der Waals surface area contributed by atoms with E-state index >= 15 is 0 Å². The fourth-order valence-corrected chi connectivity index (χ4v) is 5.22. The number of hydrogen-bond donors (Lipinski definition) is 1. The molecule has 316 valence electrons. The number of carboxylic acid groups (broad SMARTS) is 2. The maximum atomic E-state index is 14.7. The van der Waals surface area contributed by atoms with E-state index in [0.717, 1.165) is 14.1 Å². The summed E-state index contributed by atoms with van der Waals surface area (Å²) in [6, 6.07) is 0. The summed E-state index contributed by atoms with van der Waals surface area (Å²) >= 11 is 0. The number of carbonyl (C=O) groups is 2. The third-order valence-electron chi connectivity index (χ3n) is 6.84. The Morgan fingerprint density at radius 3 is 1.15 bits per heavy atom. The van der Waals surface area contributed by atoms with Gasteiger partial charge in [-0.1, -0.05) is 0 Å². The van der Waals surface area contributed by atoms with E-state index in [2.05, 4.69) is 0 Å². The van der Waals surface area contributed by atoms with Crippen LogP contribution in [0.15, 0.2) is 0 Å². The van der Waals surface area contributed by atoms with Crippen molar-refractivity contribution < 1.29 is 134 Å². The number of carbonyl (C=O) groups excluding carboxylic acids is 1. The van der Waals surface area contributed by atoms with Gasteiger partial charge < -0.3 is 19.5 Å². The van der Waals surface area contributed by atoms with E-state index in [1.807, 2.05) is 0 Å². The molecule has 0 atom stereocenters. The van der Waals surface area contributed by atoms with Gasteiger partial charge in [0.15, 0.2) is 0 Å². The second-order valence-electron chi connectivity index (χ2n) is 11.3. The highest BCUT2D eigenvalue weighted by Gasteiger charge is 2.99. The lowest BCUT2D eigenvalue weighted by atomic mass is 9.86. The van der Waals surface area contributed by atoms with Crippen LogP contribution in [-0.4, -0.2) is 139 Å². The van der Waals surface area contributed by atoms with Crippen LogP contribution in [0.25, 0.3) is 0 Å².